The van der Waals surface area contributed by atoms with Gasteiger partial charge < -0.3 is 10.3 Å². The van der Waals surface area contributed by atoms with Gasteiger partial charge in [-0.2, -0.15) is 5.10 Å². The molecule has 2 aliphatic carbocycles. The minimum atomic E-state index is 0.669. The lowest BCUT2D eigenvalue weighted by atomic mass is 9.87. The number of fused-ring (bicyclic) bond motifs is 3. The number of imidazole rings is 1. The van der Waals surface area contributed by atoms with Gasteiger partial charge in [0.1, 0.15) is 5.69 Å². The van der Waals surface area contributed by atoms with Crippen LogP contribution in [0.4, 0.5) is 0 Å². The van der Waals surface area contributed by atoms with Crippen LogP contribution in [0.1, 0.15) is 26.3 Å². The first-order chi connectivity index (χ1) is 15.2. The van der Waals surface area contributed by atoms with E-state index in [1.54, 1.807) is 5.57 Å². The number of para-hydroxylation sites is 2. The predicted octanol–water partition coefficient (Wildman–Crippen LogP) is 5.31. The summed E-state index contributed by atoms with van der Waals surface area (Å²) in [6.45, 7) is 8.84. The second kappa shape index (κ2) is 6.92. The van der Waals surface area contributed by atoms with Crippen molar-refractivity contribution >= 4 is 27.5 Å². The number of nitrogens with one attached hydrogen (secondary N) is 3. The zero-order valence-corrected chi connectivity index (χ0v) is 18.2. The number of H-pyrrole nitrogens is 2. The molecule has 2 aliphatic rings. The summed E-state index contributed by atoms with van der Waals surface area (Å²) in [6, 6.07) is 14.7. The second-order valence-corrected chi connectivity index (χ2v) is 8.91. The first-order valence-electron chi connectivity index (χ1n) is 11.2. The molecule has 0 aliphatic heterocycles. The molecule has 2 aromatic heterocycles. The van der Waals surface area contributed by atoms with E-state index in [-0.39, 0.29) is 0 Å². The van der Waals surface area contributed by atoms with Crippen molar-refractivity contribution < 1.29 is 0 Å². The molecule has 5 nitrogen and oxygen atoms in total. The molecule has 2 aromatic carbocycles. The highest BCUT2D eigenvalue weighted by Crippen LogP contribution is 2.57. The van der Waals surface area contributed by atoms with E-state index in [0.717, 1.165) is 52.5 Å². The Bertz CT molecular complexity index is 1340. The maximum absolute atomic E-state index is 4.77. The molecule has 3 N–H and O–H groups in total. The molecule has 3 atom stereocenters. The standard InChI is InChI=1S/C26H27N5/c1-4-27-13-20-14(2)17(12-18-15(3)24(18)20)16-9-10-21-19(11-16)25(31-30-21)26-28-22-7-5-6-8-23(22)29-26/h5-12,15,18,24,27H,4,13H2,1-3H3,(H,28,29)(H,30,31). The Morgan fingerprint density at radius 3 is 2.81 bits per heavy atom. The van der Waals surface area contributed by atoms with Crippen LogP contribution < -0.4 is 5.32 Å². The van der Waals surface area contributed by atoms with Crippen molar-refractivity contribution in [2.75, 3.05) is 13.1 Å². The molecule has 5 heteroatoms. The average Bonchev–Trinajstić information content (AvgIpc) is 3.13. The van der Waals surface area contributed by atoms with Crippen LogP contribution in [-0.2, 0) is 0 Å². The first-order valence-corrected chi connectivity index (χ1v) is 11.2. The summed E-state index contributed by atoms with van der Waals surface area (Å²) >= 11 is 0. The highest BCUT2D eigenvalue weighted by Gasteiger charge is 2.49. The number of aromatic amines is 2. The van der Waals surface area contributed by atoms with E-state index in [1.165, 1.54) is 16.7 Å². The number of hydrogen-bond donors (Lipinski definition) is 3. The maximum Gasteiger partial charge on any atom is 0.159 e. The number of nitrogens with zero attached hydrogens (tertiary/aromatic N) is 2. The molecule has 1 fully saturated rings. The Morgan fingerprint density at radius 2 is 1.97 bits per heavy atom. The van der Waals surface area contributed by atoms with Crippen molar-refractivity contribution in [3.05, 3.63) is 65.3 Å². The van der Waals surface area contributed by atoms with Gasteiger partial charge in [-0.3, -0.25) is 5.10 Å². The lowest BCUT2D eigenvalue weighted by Crippen LogP contribution is -2.20. The van der Waals surface area contributed by atoms with Crippen LogP contribution in [0, 0.1) is 17.8 Å². The minimum absolute atomic E-state index is 0.669. The lowest BCUT2D eigenvalue weighted by Gasteiger charge is -2.20. The van der Waals surface area contributed by atoms with E-state index in [1.807, 2.05) is 24.3 Å². The van der Waals surface area contributed by atoms with Crippen molar-refractivity contribution in [1.82, 2.24) is 25.5 Å². The molecule has 0 bridgehead atoms. The average molecular weight is 410 g/mol. The number of likely N-dealkylation sites (N-methyl/N-ethyl adjacent to an activating group) is 1. The quantitative estimate of drug-likeness (QED) is 0.418. The molecule has 31 heavy (non-hydrogen) atoms. The van der Waals surface area contributed by atoms with E-state index in [4.69, 9.17) is 4.98 Å². The third-order valence-corrected chi connectivity index (χ3v) is 7.15. The Kier molecular flexibility index (Phi) is 4.15. The molecule has 0 saturated heterocycles. The Balaban J connectivity index is 1.45. The van der Waals surface area contributed by atoms with E-state index >= 15 is 0 Å². The van der Waals surface area contributed by atoms with Crippen molar-refractivity contribution in [1.29, 1.82) is 0 Å². The Labute approximate surface area is 181 Å². The van der Waals surface area contributed by atoms with E-state index in [0.29, 0.717) is 11.8 Å². The zero-order chi connectivity index (χ0) is 21.1. The summed E-state index contributed by atoms with van der Waals surface area (Å²) in [5, 5.41) is 12.4. The summed E-state index contributed by atoms with van der Waals surface area (Å²) in [5.41, 5.74) is 9.54. The fraction of sp³-hybridized carbons (Fsp3) is 0.308. The fourth-order valence-corrected chi connectivity index (χ4v) is 5.29. The van der Waals surface area contributed by atoms with Crippen LogP contribution in [-0.4, -0.2) is 33.3 Å². The molecule has 6 rings (SSSR count). The zero-order valence-electron chi connectivity index (χ0n) is 18.2. The predicted molar refractivity (Wildman–Crippen MR) is 127 cm³/mol. The monoisotopic (exact) mass is 409 g/mol. The lowest BCUT2D eigenvalue weighted by molar-refractivity contribution is 0.712. The summed E-state index contributed by atoms with van der Waals surface area (Å²) in [7, 11) is 0. The molecule has 2 heterocycles. The molecule has 156 valence electrons. The summed E-state index contributed by atoms with van der Waals surface area (Å²) in [6.07, 6.45) is 2.50. The number of hydrogen-bond acceptors (Lipinski definition) is 3. The van der Waals surface area contributed by atoms with E-state index < -0.39 is 0 Å². The van der Waals surface area contributed by atoms with Crippen LogP contribution in [0.5, 0.6) is 0 Å². The molecular weight excluding hydrogens is 382 g/mol. The number of allylic oxidation sites excluding steroid dienone is 3. The van der Waals surface area contributed by atoms with Gasteiger partial charge in [0.05, 0.1) is 16.6 Å². The van der Waals surface area contributed by atoms with Crippen molar-refractivity contribution in [2.45, 2.75) is 20.8 Å². The van der Waals surface area contributed by atoms with Crippen molar-refractivity contribution in [3.8, 4) is 11.5 Å². The van der Waals surface area contributed by atoms with Crippen molar-refractivity contribution in [3.63, 3.8) is 0 Å². The highest BCUT2D eigenvalue weighted by molar-refractivity contribution is 5.96. The number of benzene rings is 2. The van der Waals surface area contributed by atoms with Crippen LogP contribution in [0.3, 0.4) is 0 Å². The highest BCUT2D eigenvalue weighted by atomic mass is 15.1. The van der Waals surface area contributed by atoms with Gasteiger partial charge in [-0.1, -0.05) is 38.1 Å². The van der Waals surface area contributed by atoms with Gasteiger partial charge in [0.15, 0.2) is 5.82 Å². The molecule has 4 aromatic rings. The van der Waals surface area contributed by atoms with Gasteiger partial charge in [-0.25, -0.2) is 4.98 Å². The molecule has 0 amide bonds. The largest absolute Gasteiger partial charge is 0.337 e. The van der Waals surface area contributed by atoms with Crippen LogP contribution in [0.2, 0.25) is 0 Å². The Morgan fingerprint density at radius 1 is 1.10 bits per heavy atom. The fourth-order valence-electron chi connectivity index (χ4n) is 5.29. The molecule has 1 saturated carbocycles. The summed E-state index contributed by atoms with van der Waals surface area (Å²) in [4.78, 5) is 8.19. The summed E-state index contributed by atoms with van der Waals surface area (Å²) in [5.74, 6) is 2.93. The van der Waals surface area contributed by atoms with Gasteiger partial charge in [0.25, 0.3) is 0 Å². The van der Waals surface area contributed by atoms with Crippen LogP contribution in [0.25, 0.3) is 39.0 Å². The SMILES string of the molecule is CCNCC1=C(C)C(c2ccc3[nH]nc(-c4nc5ccccc5[nH]4)c3c2)=CC2C(C)C12. The third-order valence-electron chi connectivity index (χ3n) is 7.15. The second-order valence-electron chi connectivity index (χ2n) is 8.91. The van der Waals surface area contributed by atoms with Gasteiger partial charge in [0, 0.05) is 11.9 Å². The van der Waals surface area contributed by atoms with Gasteiger partial charge in [0.2, 0.25) is 0 Å². The third kappa shape index (κ3) is 2.87. The molecular formula is C26H27N5. The maximum atomic E-state index is 4.77. The van der Waals surface area contributed by atoms with Crippen LogP contribution >= 0.6 is 0 Å². The normalized spacial score (nSPS) is 22.8. The van der Waals surface area contributed by atoms with Gasteiger partial charge >= 0.3 is 0 Å². The smallest absolute Gasteiger partial charge is 0.159 e. The number of aromatic nitrogens is 4. The molecule has 0 spiro atoms. The first kappa shape index (κ1) is 18.6. The summed E-state index contributed by atoms with van der Waals surface area (Å²) < 4.78 is 0. The van der Waals surface area contributed by atoms with E-state index in [9.17, 15) is 0 Å². The van der Waals surface area contributed by atoms with E-state index in [2.05, 4.69) is 65.5 Å². The Hall–Kier alpha value is -3.18. The van der Waals surface area contributed by atoms with Crippen molar-refractivity contribution in [2.24, 2.45) is 17.8 Å². The van der Waals surface area contributed by atoms with Gasteiger partial charge in [-0.05, 0) is 77.8 Å². The number of rotatable bonds is 5. The molecule has 3 unspecified atom stereocenters. The van der Waals surface area contributed by atoms with Crippen LogP contribution in [0.15, 0.2) is 59.7 Å². The topological polar surface area (TPSA) is 69.4 Å². The minimum Gasteiger partial charge on any atom is -0.337 e. The van der Waals surface area contributed by atoms with Gasteiger partial charge in [-0.15, -0.1) is 0 Å². The molecule has 0 radical (unpaired) electrons.